The van der Waals surface area contributed by atoms with Crippen molar-refractivity contribution in [2.24, 2.45) is 0 Å². The minimum absolute atomic E-state index is 0.131. The molecule has 2 aromatic rings. The van der Waals surface area contributed by atoms with E-state index in [-0.39, 0.29) is 24.4 Å². The highest BCUT2D eigenvalue weighted by atomic mass is 35.5. The van der Waals surface area contributed by atoms with Crippen LogP contribution in [0.3, 0.4) is 0 Å². The number of anilines is 1. The maximum absolute atomic E-state index is 12.5. The van der Waals surface area contributed by atoms with Crippen LogP contribution in [-0.2, 0) is 4.79 Å². The number of nitrogens with zero attached hydrogens (tertiary/aromatic N) is 4. The van der Waals surface area contributed by atoms with Crippen LogP contribution < -0.4 is 10.6 Å². The van der Waals surface area contributed by atoms with Crippen molar-refractivity contribution < 1.29 is 9.59 Å². The zero-order chi connectivity index (χ0) is 17.7. The van der Waals surface area contributed by atoms with E-state index in [0.717, 1.165) is 0 Å². The molecule has 128 valence electrons. The van der Waals surface area contributed by atoms with Crippen LogP contribution in [0.25, 0.3) is 5.69 Å². The van der Waals surface area contributed by atoms with Crippen LogP contribution >= 0.6 is 11.6 Å². The van der Waals surface area contributed by atoms with E-state index in [2.05, 4.69) is 20.7 Å². The minimum Gasteiger partial charge on any atom is -0.359 e. The Bertz CT molecular complexity index is 719. The van der Waals surface area contributed by atoms with Crippen LogP contribution in [0, 0.1) is 0 Å². The normalized spacial score (nSPS) is 11.7. The molecule has 1 aromatic heterocycles. The summed E-state index contributed by atoms with van der Waals surface area (Å²) in [6.45, 7) is 1.80. The smallest absolute Gasteiger partial charge is 0.321 e. The van der Waals surface area contributed by atoms with E-state index in [1.807, 2.05) is 0 Å². The standard InChI is InChI=1S/C15H19ClN6O2/c1-10(6-14(23)17-2)21(3)15(24)20-12-7-11(16)4-5-13(12)22-9-18-8-19-22/h4-5,7-10H,6H2,1-3H3,(H,17,23)(H,20,24)/t10-/m0/s1. The lowest BCUT2D eigenvalue weighted by atomic mass is 10.2. The molecule has 1 aromatic carbocycles. The van der Waals surface area contributed by atoms with Gasteiger partial charge < -0.3 is 15.5 Å². The highest BCUT2D eigenvalue weighted by molar-refractivity contribution is 6.31. The summed E-state index contributed by atoms with van der Waals surface area (Å²) in [6.07, 6.45) is 3.14. The first-order chi connectivity index (χ1) is 11.4. The first-order valence-electron chi connectivity index (χ1n) is 7.31. The van der Waals surface area contributed by atoms with Crippen molar-refractivity contribution in [3.8, 4) is 5.69 Å². The molecule has 0 aliphatic heterocycles. The molecule has 24 heavy (non-hydrogen) atoms. The highest BCUT2D eigenvalue weighted by Crippen LogP contribution is 2.24. The number of carbonyl (C=O) groups excluding carboxylic acids is 2. The Labute approximate surface area is 144 Å². The second-order valence-electron chi connectivity index (χ2n) is 5.27. The second-order valence-corrected chi connectivity index (χ2v) is 5.71. The number of hydrogen-bond donors (Lipinski definition) is 2. The second kappa shape index (κ2) is 7.78. The van der Waals surface area contributed by atoms with Crippen LogP contribution in [0.5, 0.6) is 0 Å². The lowest BCUT2D eigenvalue weighted by Gasteiger charge is -2.25. The summed E-state index contributed by atoms with van der Waals surface area (Å²) < 4.78 is 1.53. The van der Waals surface area contributed by atoms with Crippen molar-refractivity contribution in [2.45, 2.75) is 19.4 Å². The van der Waals surface area contributed by atoms with E-state index in [0.29, 0.717) is 16.4 Å². The van der Waals surface area contributed by atoms with Gasteiger partial charge >= 0.3 is 6.03 Å². The van der Waals surface area contributed by atoms with Gasteiger partial charge in [0.2, 0.25) is 5.91 Å². The molecule has 0 fully saturated rings. The first kappa shape index (κ1) is 17.7. The lowest BCUT2D eigenvalue weighted by molar-refractivity contribution is -0.121. The maximum atomic E-state index is 12.5. The van der Waals surface area contributed by atoms with Crippen LogP contribution in [0.1, 0.15) is 13.3 Å². The van der Waals surface area contributed by atoms with Gasteiger partial charge in [0.05, 0.1) is 11.4 Å². The van der Waals surface area contributed by atoms with E-state index in [4.69, 9.17) is 11.6 Å². The number of rotatable bonds is 5. The summed E-state index contributed by atoms with van der Waals surface area (Å²) in [5.41, 5.74) is 1.13. The molecule has 8 nitrogen and oxygen atoms in total. The number of carbonyl (C=O) groups is 2. The molecule has 0 radical (unpaired) electrons. The predicted molar refractivity (Wildman–Crippen MR) is 91.3 cm³/mol. The summed E-state index contributed by atoms with van der Waals surface area (Å²) >= 11 is 6.03. The maximum Gasteiger partial charge on any atom is 0.321 e. The lowest BCUT2D eigenvalue weighted by Crippen LogP contribution is -2.40. The van der Waals surface area contributed by atoms with Crippen LogP contribution in [0.15, 0.2) is 30.9 Å². The van der Waals surface area contributed by atoms with E-state index < -0.39 is 0 Å². The fourth-order valence-corrected chi connectivity index (χ4v) is 2.22. The average Bonchev–Trinajstić information content (AvgIpc) is 3.08. The van der Waals surface area contributed by atoms with Crippen molar-refractivity contribution >= 4 is 29.2 Å². The zero-order valence-corrected chi connectivity index (χ0v) is 14.4. The Morgan fingerprint density at radius 3 is 2.79 bits per heavy atom. The molecule has 9 heteroatoms. The van der Waals surface area contributed by atoms with Crippen molar-refractivity contribution in [1.29, 1.82) is 0 Å². The monoisotopic (exact) mass is 350 g/mol. The topological polar surface area (TPSA) is 92.2 Å². The third-order valence-corrected chi connectivity index (χ3v) is 3.84. The molecule has 0 spiro atoms. The largest absolute Gasteiger partial charge is 0.359 e. The van der Waals surface area contributed by atoms with E-state index >= 15 is 0 Å². The van der Waals surface area contributed by atoms with Crippen LogP contribution in [-0.4, -0.2) is 51.7 Å². The molecule has 0 bridgehead atoms. The summed E-state index contributed by atoms with van der Waals surface area (Å²) in [5, 5.41) is 9.88. The number of benzene rings is 1. The van der Waals surface area contributed by atoms with Gasteiger partial charge in [0.15, 0.2) is 0 Å². The molecule has 1 heterocycles. The molecular weight excluding hydrogens is 332 g/mol. The third-order valence-electron chi connectivity index (χ3n) is 3.61. The van der Waals surface area contributed by atoms with Gasteiger partial charge in [-0.25, -0.2) is 14.5 Å². The summed E-state index contributed by atoms with van der Waals surface area (Å²) in [7, 11) is 3.19. The highest BCUT2D eigenvalue weighted by Gasteiger charge is 2.19. The average molecular weight is 351 g/mol. The number of hydrogen-bond acceptors (Lipinski definition) is 4. The fourth-order valence-electron chi connectivity index (χ4n) is 2.05. The van der Waals surface area contributed by atoms with E-state index in [1.54, 1.807) is 39.2 Å². The van der Waals surface area contributed by atoms with Gasteiger partial charge in [0, 0.05) is 31.6 Å². The van der Waals surface area contributed by atoms with Crippen LogP contribution in [0.2, 0.25) is 5.02 Å². The summed E-state index contributed by atoms with van der Waals surface area (Å²) in [6, 6.07) is 4.45. The van der Waals surface area contributed by atoms with Gasteiger partial charge in [-0.2, -0.15) is 5.10 Å². The minimum atomic E-state index is -0.352. The molecule has 3 amide bonds. The Kier molecular flexibility index (Phi) is 5.75. The Hall–Kier alpha value is -2.61. The summed E-state index contributed by atoms with van der Waals surface area (Å²) in [4.78, 5) is 29.3. The van der Waals surface area contributed by atoms with Crippen molar-refractivity contribution in [3.63, 3.8) is 0 Å². The molecule has 2 N–H and O–H groups in total. The fraction of sp³-hybridized carbons (Fsp3) is 0.333. The SMILES string of the molecule is CNC(=O)C[C@H](C)N(C)C(=O)Nc1cc(Cl)ccc1-n1cncn1. The molecule has 2 rings (SSSR count). The number of nitrogens with one attached hydrogen (secondary N) is 2. The van der Waals surface area contributed by atoms with Crippen molar-refractivity contribution in [2.75, 3.05) is 19.4 Å². The van der Waals surface area contributed by atoms with Crippen molar-refractivity contribution in [1.82, 2.24) is 25.0 Å². The van der Waals surface area contributed by atoms with Gasteiger partial charge in [0.1, 0.15) is 12.7 Å². The Balaban J connectivity index is 2.16. The van der Waals surface area contributed by atoms with Gasteiger partial charge in [-0.3, -0.25) is 4.79 Å². The number of halogens is 1. The number of aromatic nitrogens is 3. The van der Waals surface area contributed by atoms with Gasteiger partial charge in [-0.15, -0.1) is 0 Å². The molecular formula is C15H19ClN6O2. The predicted octanol–water partition coefficient (Wildman–Crippen LogP) is 1.91. The Morgan fingerprint density at radius 1 is 1.42 bits per heavy atom. The van der Waals surface area contributed by atoms with Gasteiger partial charge in [-0.1, -0.05) is 11.6 Å². The van der Waals surface area contributed by atoms with Gasteiger partial charge in [0.25, 0.3) is 0 Å². The molecule has 0 aliphatic rings. The molecule has 0 aliphatic carbocycles. The van der Waals surface area contributed by atoms with Gasteiger partial charge in [-0.05, 0) is 25.1 Å². The molecule has 0 saturated carbocycles. The molecule has 1 atom stereocenters. The number of amides is 3. The first-order valence-corrected chi connectivity index (χ1v) is 7.69. The Morgan fingerprint density at radius 2 is 2.17 bits per heavy atom. The zero-order valence-electron chi connectivity index (χ0n) is 13.7. The van der Waals surface area contributed by atoms with E-state index in [1.165, 1.54) is 22.2 Å². The quantitative estimate of drug-likeness (QED) is 0.861. The van der Waals surface area contributed by atoms with Crippen molar-refractivity contribution in [3.05, 3.63) is 35.9 Å². The summed E-state index contributed by atoms with van der Waals surface area (Å²) in [5.74, 6) is -0.131. The van der Waals surface area contributed by atoms with E-state index in [9.17, 15) is 9.59 Å². The molecule has 0 unspecified atom stereocenters. The van der Waals surface area contributed by atoms with Crippen LogP contribution in [0.4, 0.5) is 10.5 Å². The molecule has 0 saturated heterocycles. The number of urea groups is 1. The third kappa shape index (κ3) is 4.23.